The Labute approximate surface area is 65.6 Å². The zero-order valence-corrected chi connectivity index (χ0v) is 7.52. The first-order valence-electron chi connectivity index (χ1n) is 3.35. The molecule has 0 rings (SSSR count). The Morgan fingerprint density at radius 2 is 1.80 bits per heavy atom. The smallest absolute Gasteiger partial charge is 0.162 e. The summed E-state index contributed by atoms with van der Waals surface area (Å²) in [5.74, 6) is 0. The molecule has 0 aliphatic heterocycles. The Hall–Kier alpha value is -0.123. The van der Waals surface area contributed by atoms with Crippen LogP contribution in [0.3, 0.4) is 0 Å². The molecule has 0 spiro atoms. The van der Waals surface area contributed by atoms with Gasteiger partial charge in [0.25, 0.3) is 0 Å². The third-order valence-corrected chi connectivity index (χ3v) is 1.48. The van der Waals surface area contributed by atoms with Gasteiger partial charge in [-0.15, -0.1) is 0 Å². The second kappa shape index (κ2) is 4.66. The minimum Gasteiger partial charge on any atom is -0.351 e. The van der Waals surface area contributed by atoms with Gasteiger partial charge in [0.05, 0.1) is 0 Å². The molecule has 0 bridgehead atoms. The van der Waals surface area contributed by atoms with E-state index in [-0.39, 0.29) is 0 Å². The lowest BCUT2D eigenvalue weighted by Crippen LogP contribution is -2.34. The second-order valence-corrected chi connectivity index (χ2v) is 2.43. The molecule has 0 N–H and O–H groups in total. The van der Waals surface area contributed by atoms with Gasteiger partial charge in [0.1, 0.15) is 10.2 Å². The van der Waals surface area contributed by atoms with Crippen molar-refractivity contribution in [1.82, 2.24) is 0 Å². The number of hydrogen-bond acceptors (Lipinski definition) is 2. The summed E-state index contributed by atoms with van der Waals surface area (Å²) < 4.78 is 10.4. The maximum absolute atomic E-state index is 5.19. The molecule has 3 radical (unpaired) electrons. The van der Waals surface area contributed by atoms with Gasteiger partial charge >= 0.3 is 0 Å². The minimum absolute atomic E-state index is 0.593. The molecule has 0 aliphatic rings. The van der Waals surface area contributed by atoms with Crippen molar-refractivity contribution in [3.63, 3.8) is 0 Å². The van der Waals surface area contributed by atoms with Crippen LogP contribution >= 0.6 is 0 Å². The van der Waals surface area contributed by atoms with Crippen molar-refractivity contribution >= 4 is 10.2 Å². The van der Waals surface area contributed by atoms with E-state index in [1.54, 1.807) is 6.08 Å². The van der Waals surface area contributed by atoms with E-state index in [9.17, 15) is 0 Å². The van der Waals surface area contributed by atoms with Gasteiger partial charge in [-0.25, -0.2) is 0 Å². The topological polar surface area (TPSA) is 18.5 Å². The van der Waals surface area contributed by atoms with Crippen LogP contribution in [0.5, 0.6) is 0 Å². The quantitative estimate of drug-likeness (QED) is 0.337. The van der Waals surface area contributed by atoms with Gasteiger partial charge in [-0.05, 0) is 19.9 Å². The summed E-state index contributed by atoms with van der Waals surface area (Å²) in [5.41, 5.74) is -0.788. The Balaban J connectivity index is 3.81. The lowest BCUT2D eigenvalue weighted by Gasteiger charge is -2.25. The molecule has 0 aromatic rings. The van der Waals surface area contributed by atoms with Crippen molar-refractivity contribution in [2.75, 3.05) is 13.2 Å². The first-order valence-corrected chi connectivity index (χ1v) is 3.85. The highest BCUT2D eigenvalue weighted by molar-refractivity contribution is 6.14. The normalized spacial score (nSPS) is 11.5. The van der Waals surface area contributed by atoms with E-state index < -0.39 is 5.41 Å². The van der Waals surface area contributed by atoms with Crippen molar-refractivity contribution < 1.29 is 9.47 Å². The Morgan fingerprint density at radius 3 is 2.00 bits per heavy atom. The molecule has 0 aromatic heterocycles. The first kappa shape index (κ1) is 9.88. The van der Waals surface area contributed by atoms with Crippen LogP contribution < -0.4 is 0 Å². The van der Waals surface area contributed by atoms with Crippen molar-refractivity contribution in [1.29, 1.82) is 0 Å². The van der Waals surface area contributed by atoms with Gasteiger partial charge < -0.3 is 9.47 Å². The van der Waals surface area contributed by atoms with E-state index in [1.807, 2.05) is 13.8 Å². The fourth-order valence-corrected chi connectivity index (χ4v) is 0.877. The monoisotopic (exact) mass is 157 g/mol. The lowest BCUT2D eigenvalue weighted by molar-refractivity contribution is -0.139. The van der Waals surface area contributed by atoms with E-state index in [0.717, 1.165) is 0 Å². The number of rotatable bonds is 5. The molecule has 3 heteroatoms. The fraction of sp³-hybridized carbons (Fsp3) is 0.714. The molecule has 0 saturated carbocycles. The van der Waals surface area contributed by atoms with Crippen LogP contribution in [0.2, 0.25) is 0 Å². The van der Waals surface area contributed by atoms with Gasteiger partial charge in [0, 0.05) is 13.2 Å². The predicted octanol–water partition coefficient (Wildman–Crippen LogP) is 1.07. The summed E-state index contributed by atoms with van der Waals surface area (Å²) in [7, 11) is 3.29. The van der Waals surface area contributed by atoms with Crippen molar-refractivity contribution in [3.05, 3.63) is 12.7 Å². The lowest BCUT2D eigenvalue weighted by atomic mass is 10.6. The highest BCUT2D eigenvalue weighted by Gasteiger charge is 2.18. The number of hydrogen-bond donors (Lipinski definition) is 0. The maximum atomic E-state index is 5.19. The summed E-state index contributed by atoms with van der Waals surface area (Å²) in [6.45, 7) is 8.56. The van der Waals surface area contributed by atoms with Crippen molar-refractivity contribution in [2.45, 2.75) is 19.3 Å². The Bertz CT molecular complexity index is 97.8. The van der Waals surface area contributed by atoms with Crippen molar-refractivity contribution in [3.8, 4) is 0 Å². The molecular formula is C7H13O2Si. The molecule has 0 heterocycles. The second-order valence-electron chi connectivity index (χ2n) is 1.74. The van der Waals surface area contributed by atoms with E-state index in [4.69, 9.17) is 9.47 Å². The van der Waals surface area contributed by atoms with Gasteiger partial charge in [0.15, 0.2) is 5.41 Å². The van der Waals surface area contributed by atoms with E-state index in [1.165, 1.54) is 0 Å². The van der Waals surface area contributed by atoms with E-state index >= 15 is 0 Å². The van der Waals surface area contributed by atoms with Crippen LogP contribution in [0, 0.1) is 0 Å². The van der Waals surface area contributed by atoms with E-state index in [2.05, 4.69) is 16.8 Å². The molecule has 2 nitrogen and oxygen atoms in total. The van der Waals surface area contributed by atoms with Gasteiger partial charge in [-0.3, -0.25) is 0 Å². The minimum atomic E-state index is -0.788. The van der Waals surface area contributed by atoms with Crippen LogP contribution in [-0.4, -0.2) is 28.9 Å². The largest absolute Gasteiger partial charge is 0.351 e. The molecule has 0 unspecified atom stereocenters. The molecule has 0 fully saturated rings. The standard InChI is InChI=1S/C7H13O2Si/c1-4-7(10,8-5-2)9-6-3/h4H,1,5-6H2,2-3H3. The zero-order valence-electron chi connectivity index (χ0n) is 6.52. The van der Waals surface area contributed by atoms with Crippen LogP contribution in [0.1, 0.15) is 13.8 Å². The Morgan fingerprint density at radius 1 is 1.40 bits per heavy atom. The summed E-state index contributed by atoms with van der Waals surface area (Å²) in [6.07, 6.45) is 1.58. The SMILES string of the molecule is C=CC([Si])(OCC)OCC. The molecule has 10 heavy (non-hydrogen) atoms. The average Bonchev–Trinajstić information content (AvgIpc) is 1.89. The third kappa shape index (κ3) is 3.15. The zero-order chi connectivity index (χ0) is 8.04. The molecule has 0 atom stereocenters. The van der Waals surface area contributed by atoms with Gasteiger partial charge in [-0.2, -0.15) is 0 Å². The Kier molecular flexibility index (Phi) is 4.60. The van der Waals surface area contributed by atoms with Crippen LogP contribution in [0.4, 0.5) is 0 Å². The predicted molar refractivity (Wildman–Crippen MR) is 41.9 cm³/mol. The average molecular weight is 157 g/mol. The third-order valence-electron chi connectivity index (χ3n) is 0.986. The van der Waals surface area contributed by atoms with E-state index in [0.29, 0.717) is 13.2 Å². The van der Waals surface area contributed by atoms with Crippen LogP contribution in [0.25, 0.3) is 0 Å². The number of ether oxygens (including phenoxy) is 2. The molecule has 0 aromatic carbocycles. The fourth-order valence-electron chi connectivity index (χ4n) is 0.588. The molecule has 0 aliphatic carbocycles. The van der Waals surface area contributed by atoms with Gasteiger partial charge in [0.2, 0.25) is 0 Å². The van der Waals surface area contributed by atoms with Crippen molar-refractivity contribution in [2.24, 2.45) is 0 Å². The summed E-state index contributed by atoms with van der Waals surface area (Å²) in [4.78, 5) is 0. The van der Waals surface area contributed by atoms with Gasteiger partial charge in [-0.1, -0.05) is 6.58 Å². The first-order chi connectivity index (χ1) is 4.68. The highest BCUT2D eigenvalue weighted by Crippen LogP contribution is 2.08. The molecule has 0 amide bonds. The molecular weight excluding hydrogens is 144 g/mol. The highest BCUT2D eigenvalue weighted by atomic mass is 28.1. The summed E-state index contributed by atoms with van der Waals surface area (Å²) in [5, 5.41) is 0. The maximum Gasteiger partial charge on any atom is 0.162 e. The summed E-state index contributed by atoms with van der Waals surface area (Å²) in [6, 6.07) is 0. The molecule has 57 valence electrons. The summed E-state index contributed by atoms with van der Waals surface area (Å²) >= 11 is 0. The molecule has 0 saturated heterocycles. The van der Waals surface area contributed by atoms with Crippen LogP contribution in [-0.2, 0) is 9.47 Å². The van der Waals surface area contributed by atoms with Crippen LogP contribution in [0.15, 0.2) is 12.7 Å².